The SMILES string of the molecule is COc1cccc(NC(=O)c2cc[nH]c2C)c1. The first-order valence-corrected chi connectivity index (χ1v) is 5.30. The van der Waals surface area contributed by atoms with Crippen LogP contribution in [0.2, 0.25) is 0 Å². The van der Waals surface area contributed by atoms with Crippen LogP contribution in [-0.2, 0) is 0 Å². The lowest BCUT2D eigenvalue weighted by atomic mass is 10.2. The quantitative estimate of drug-likeness (QED) is 0.851. The number of aromatic amines is 1. The molecule has 0 bridgehead atoms. The number of rotatable bonds is 3. The first kappa shape index (κ1) is 11.3. The number of hydrogen-bond donors (Lipinski definition) is 2. The highest BCUT2D eigenvalue weighted by molar-refractivity contribution is 6.05. The van der Waals surface area contributed by atoms with Crippen LogP contribution in [-0.4, -0.2) is 18.0 Å². The van der Waals surface area contributed by atoms with Gasteiger partial charge in [-0.25, -0.2) is 0 Å². The standard InChI is InChI=1S/C13H14N2O2/c1-9-12(6-7-14-9)13(16)15-10-4-3-5-11(8-10)17-2/h3-8,14H,1-2H3,(H,15,16). The van der Waals surface area contributed by atoms with Gasteiger partial charge < -0.3 is 15.0 Å². The Kier molecular flexibility index (Phi) is 3.14. The molecule has 0 spiro atoms. The molecule has 1 aromatic carbocycles. The zero-order valence-electron chi connectivity index (χ0n) is 9.78. The average molecular weight is 230 g/mol. The van der Waals surface area contributed by atoms with Gasteiger partial charge in [-0.2, -0.15) is 0 Å². The van der Waals surface area contributed by atoms with E-state index in [1.807, 2.05) is 25.1 Å². The lowest BCUT2D eigenvalue weighted by Crippen LogP contribution is -2.12. The number of carbonyl (C=O) groups is 1. The number of ether oxygens (including phenoxy) is 1. The largest absolute Gasteiger partial charge is 0.497 e. The molecule has 0 unspecified atom stereocenters. The Balaban J connectivity index is 2.16. The minimum atomic E-state index is -0.128. The molecule has 0 fully saturated rings. The Hall–Kier alpha value is -2.23. The van der Waals surface area contributed by atoms with Gasteiger partial charge in [0.05, 0.1) is 12.7 Å². The molecule has 88 valence electrons. The Morgan fingerprint density at radius 1 is 1.35 bits per heavy atom. The summed E-state index contributed by atoms with van der Waals surface area (Å²) < 4.78 is 5.09. The van der Waals surface area contributed by atoms with Crippen LogP contribution < -0.4 is 10.1 Å². The molecule has 2 rings (SSSR count). The normalized spacial score (nSPS) is 10.0. The summed E-state index contributed by atoms with van der Waals surface area (Å²) in [4.78, 5) is 14.9. The fourth-order valence-corrected chi connectivity index (χ4v) is 1.60. The van der Waals surface area contributed by atoms with Crippen LogP contribution in [0.4, 0.5) is 5.69 Å². The summed E-state index contributed by atoms with van der Waals surface area (Å²) >= 11 is 0. The van der Waals surface area contributed by atoms with Crippen molar-refractivity contribution in [1.29, 1.82) is 0 Å². The summed E-state index contributed by atoms with van der Waals surface area (Å²) in [6.07, 6.45) is 1.75. The summed E-state index contributed by atoms with van der Waals surface area (Å²) in [5.74, 6) is 0.589. The van der Waals surface area contributed by atoms with E-state index in [-0.39, 0.29) is 5.91 Å². The maximum absolute atomic E-state index is 11.9. The molecule has 1 heterocycles. The molecule has 0 aliphatic carbocycles. The number of anilines is 1. The number of hydrogen-bond acceptors (Lipinski definition) is 2. The minimum Gasteiger partial charge on any atom is -0.497 e. The van der Waals surface area contributed by atoms with Crippen molar-refractivity contribution in [2.45, 2.75) is 6.92 Å². The zero-order chi connectivity index (χ0) is 12.3. The van der Waals surface area contributed by atoms with Gasteiger partial charge >= 0.3 is 0 Å². The average Bonchev–Trinajstić information content (AvgIpc) is 2.76. The van der Waals surface area contributed by atoms with E-state index >= 15 is 0 Å². The molecule has 0 atom stereocenters. The highest BCUT2D eigenvalue weighted by Crippen LogP contribution is 2.18. The van der Waals surface area contributed by atoms with Crippen LogP contribution in [0.1, 0.15) is 16.1 Å². The minimum absolute atomic E-state index is 0.128. The van der Waals surface area contributed by atoms with Crippen molar-refractivity contribution in [3.63, 3.8) is 0 Å². The lowest BCUT2D eigenvalue weighted by molar-refractivity contribution is 0.102. The number of aromatic nitrogens is 1. The number of carbonyl (C=O) groups excluding carboxylic acids is 1. The fraction of sp³-hybridized carbons (Fsp3) is 0.154. The Morgan fingerprint density at radius 2 is 2.18 bits per heavy atom. The van der Waals surface area contributed by atoms with Gasteiger partial charge in [-0.15, -0.1) is 0 Å². The zero-order valence-corrected chi connectivity index (χ0v) is 9.78. The number of H-pyrrole nitrogens is 1. The molecule has 0 aliphatic heterocycles. The Morgan fingerprint density at radius 3 is 2.82 bits per heavy atom. The maximum atomic E-state index is 11.9. The van der Waals surface area contributed by atoms with Crippen molar-refractivity contribution in [2.24, 2.45) is 0 Å². The number of aryl methyl sites for hydroxylation is 1. The molecule has 4 heteroatoms. The van der Waals surface area contributed by atoms with Crippen molar-refractivity contribution in [3.8, 4) is 5.75 Å². The fourth-order valence-electron chi connectivity index (χ4n) is 1.60. The second kappa shape index (κ2) is 4.74. The molecule has 0 radical (unpaired) electrons. The highest BCUT2D eigenvalue weighted by Gasteiger charge is 2.09. The van der Waals surface area contributed by atoms with Crippen LogP contribution in [0.15, 0.2) is 36.5 Å². The molecule has 1 amide bonds. The molecular weight excluding hydrogens is 216 g/mol. The first-order valence-electron chi connectivity index (χ1n) is 5.30. The van der Waals surface area contributed by atoms with Crippen LogP contribution in [0.5, 0.6) is 5.75 Å². The van der Waals surface area contributed by atoms with Crippen molar-refractivity contribution in [1.82, 2.24) is 4.98 Å². The number of nitrogens with one attached hydrogen (secondary N) is 2. The van der Waals surface area contributed by atoms with E-state index in [2.05, 4.69) is 10.3 Å². The first-order chi connectivity index (χ1) is 8.20. The van der Waals surface area contributed by atoms with Crippen LogP contribution >= 0.6 is 0 Å². The summed E-state index contributed by atoms with van der Waals surface area (Å²) in [6, 6.07) is 9.02. The van der Waals surface area contributed by atoms with Crippen LogP contribution in [0.3, 0.4) is 0 Å². The van der Waals surface area contributed by atoms with Crippen molar-refractivity contribution >= 4 is 11.6 Å². The second-order valence-corrected chi connectivity index (χ2v) is 3.70. The van der Waals surface area contributed by atoms with Crippen molar-refractivity contribution in [2.75, 3.05) is 12.4 Å². The van der Waals surface area contributed by atoms with Gasteiger partial charge in [0.2, 0.25) is 0 Å². The van der Waals surface area contributed by atoms with Gasteiger partial charge in [0, 0.05) is 23.6 Å². The number of methoxy groups -OCH3 is 1. The molecule has 2 N–H and O–H groups in total. The molecule has 17 heavy (non-hydrogen) atoms. The van der Waals surface area contributed by atoms with E-state index in [1.165, 1.54) is 0 Å². The topological polar surface area (TPSA) is 54.1 Å². The van der Waals surface area contributed by atoms with E-state index in [0.29, 0.717) is 11.3 Å². The summed E-state index contributed by atoms with van der Waals surface area (Å²) in [5, 5.41) is 2.82. The third kappa shape index (κ3) is 2.47. The van der Waals surface area contributed by atoms with E-state index in [9.17, 15) is 4.79 Å². The van der Waals surface area contributed by atoms with Crippen molar-refractivity contribution < 1.29 is 9.53 Å². The Bertz CT molecular complexity index is 532. The summed E-state index contributed by atoms with van der Waals surface area (Å²) in [6.45, 7) is 1.86. The van der Waals surface area contributed by atoms with Gasteiger partial charge in [0.15, 0.2) is 0 Å². The third-order valence-electron chi connectivity index (χ3n) is 2.53. The molecule has 2 aromatic rings. The monoisotopic (exact) mass is 230 g/mol. The highest BCUT2D eigenvalue weighted by atomic mass is 16.5. The van der Waals surface area contributed by atoms with Crippen molar-refractivity contribution in [3.05, 3.63) is 47.8 Å². The third-order valence-corrected chi connectivity index (χ3v) is 2.53. The van der Waals surface area contributed by atoms with Gasteiger partial charge in [0.1, 0.15) is 5.75 Å². The molecular formula is C13H14N2O2. The number of amides is 1. The van der Waals surface area contributed by atoms with E-state index in [1.54, 1.807) is 25.4 Å². The summed E-state index contributed by atoms with van der Waals surface area (Å²) in [5.41, 5.74) is 2.22. The smallest absolute Gasteiger partial charge is 0.257 e. The molecule has 0 saturated carbocycles. The van der Waals surface area contributed by atoms with Gasteiger partial charge in [-0.05, 0) is 25.1 Å². The molecule has 0 aliphatic rings. The Labute approximate surface area is 99.6 Å². The van der Waals surface area contributed by atoms with Gasteiger partial charge in [-0.3, -0.25) is 4.79 Å². The van der Waals surface area contributed by atoms with E-state index in [0.717, 1.165) is 11.4 Å². The second-order valence-electron chi connectivity index (χ2n) is 3.70. The molecule has 0 saturated heterocycles. The summed E-state index contributed by atoms with van der Waals surface area (Å²) in [7, 11) is 1.59. The van der Waals surface area contributed by atoms with E-state index in [4.69, 9.17) is 4.74 Å². The van der Waals surface area contributed by atoms with E-state index < -0.39 is 0 Å². The van der Waals surface area contributed by atoms with Gasteiger partial charge in [0.25, 0.3) is 5.91 Å². The van der Waals surface area contributed by atoms with Crippen LogP contribution in [0, 0.1) is 6.92 Å². The molecule has 1 aromatic heterocycles. The maximum Gasteiger partial charge on any atom is 0.257 e. The predicted octanol–water partition coefficient (Wildman–Crippen LogP) is 2.58. The van der Waals surface area contributed by atoms with Gasteiger partial charge in [-0.1, -0.05) is 6.07 Å². The molecule has 4 nitrogen and oxygen atoms in total. The predicted molar refractivity (Wildman–Crippen MR) is 66.5 cm³/mol. The lowest BCUT2D eigenvalue weighted by Gasteiger charge is -2.06. The van der Waals surface area contributed by atoms with Crippen LogP contribution in [0.25, 0.3) is 0 Å². The number of benzene rings is 1.